The molecule has 2 N–H and O–H groups in total. The largest absolute Gasteiger partial charge is 0.355 e. The zero-order valence-electron chi connectivity index (χ0n) is 15.3. The predicted molar refractivity (Wildman–Crippen MR) is 117 cm³/mol. The summed E-state index contributed by atoms with van der Waals surface area (Å²) in [6.07, 6.45) is 0. The van der Waals surface area contributed by atoms with Gasteiger partial charge >= 0.3 is 0 Å². The number of carbonyl (C=O) groups excluding carboxylic acids is 1. The van der Waals surface area contributed by atoms with Crippen molar-refractivity contribution in [3.05, 3.63) is 95.0 Å². The van der Waals surface area contributed by atoms with Crippen molar-refractivity contribution in [2.75, 3.05) is 5.32 Å². The quantitative estimate of drug-likeness (QED) is 0.530. The maximum Gasteiger partial charge on any atom is 0.251 e. The molecule has 3 nitrogen and oxygen atoms in total. The summed E-state index contributed by atoms with van der Waals surface area (Å²) in [4.78, 5) is 14.9. The van der Waals surface area contributed by atoms with Crippen molar-refractivity contribution in [2.24, 2.45) is 0 Å². The Hall–Kier alpha value is -2.69. The average molecular weight is 407 g/mol. The Morgan fingerprint density at radius 1 is 1.07 bits per heavy atom. The van der Waals surface area contributed by atoms with Gasteiger partial charge in [-0.15, -0.1) is 0 Å². The Bertz CT molecular complexity index is 1070. The molecule has 140 valence electrons. The second-order valence-electron chi connectivity index (χ2n) is 6.66. The molecule has 0 saturated heterocycles. The zero-order valence-corrected chi connectivity index (χ0v) is 16.9. The van der Waals surface area contributed by atoms with E-state index in [1.807, 2.05) is 73.7 Å². The number of anilines is 1. The van der Waals surface area contributed by atoms with Crippen molar-refractivity contribution in [3.8, 4) is 0 Å². The molecular weight excluding hydrogens is 388 g/mol. The molecule has 3 aromatic rings. The van der Waals surface area contributed by atoms with Crippen LogP contribution in [0.25, 0.3) is 5.70 Å². The van der Waals surface area contributed by atoms with Gasteiger partial charge in [-0.3, -0.25) is 4.79 Å². The van der Waals surface area contributed by atoms with Crippen LogP contribution < -0.4 is 10.6 Å². The molecule has 1 aliphatic rings. The minimum atomic E-state index is -0.110. The molecule has 0 radical (unpaired) electrons. The Balaban J connectivity index is 1.58. The lowest BCUT2D eigenvalue weighted by molar-refractivity contribution is 0.0940. The SMILES string of the molecule is C=C1Nc2cc(C(=O)NC(C)c3ccccc3)ccc2Sc2ccc(Cl)cc21. The van der Waals surface area contributed by atoms with Crippen LogP contribution in [0.5, 0.6) is 0 Å². The molecule has 0 fully saturated rings. The van der Waals surface area contributed by atoms with E-state index in [4.69, 9.17) is 11.6 Å². The number of benzene rings is 3. The van der Waals surface area contributed by atoms with Gasteiger partial charge in [-0.25, -0.2) is 0 Å². The summed E-state index contributed by atoms with van der Waals surface area (Å²) >= 11 is 7.77. The monoisotopic (exact) mass is 406 g/mol. The van der Waals surface area contributed by atoms with Gasteiger partial charge in [-0.2, -0.15) is 0 Å². The smallest absolute Gasteiger partial charge is 0.251 e. The lowest BCUT2D eigenvalue weighted by atomic mass is 10.1. The summed E-state index contributed by atoms with van der Waals surface area (Å²) in [7, 11) is 0. The molecule has 1 aliphatic heterocycles. The fourth-order valence-electron chi connectivity index (χ4n) is 3.14. The van der Waals surface area contributed by atoms with E-state index in [1.54, 1.807) is 11.8 Å². The van der Waals surface area contributed by atoms with Crippen molar-refractivity contribution in [2.45, 2.75) is 22.8 Å². The molecular formula is C23H19ClN2OS. The first kappa shape index (κ1) is 18.7. The van der Waals surface area contributed by atoms with E-state index in [2.05, 4.69) is 17.2 Å². The molecule has 28 heavy (non-hydrogen) atoms. The summed E-state index contributed by atoms with van der Waals surface area (Å²) in [6, 6.07) is 21.3. The van der Waals surface area contributed by atoms with Crippen molar-refractivity contribution in [1.82, 2.24) is 5.32 Å². The number of rotatable bonds is 3. The van der Waals surface area contributed by atoms with Crippen LogP contribution in [0.1, 0.15) is 34.5 Å². The minimum absolute atomic E-state index is 0.0730. The summed E-state index contributed by atoms with van der Waals surface area (Å²) in [6.45, 7) is 6.11. The van der Waals surface area contributed by atoms with Gasteiger partial charge in [0.25, 0.3) is 5.91 Å². The first-order valence-electron chi connectivity index (χ1n) is 8.95. The van der Waals surface area contributed by atoms with Gasteiger partial charge < -0.3 is 10.6 Å². The van der Waals surface area contributed by atoms with E-state index in [0.717, 1.165) is 32.3 Å². The van der Waals surface area contributed by atoms with Crippen LogP contribution in [0.3, 0.4) is 0 Å². The molecule has 0 saturated carbocycles. The van der Waals surface area contributed by atoms with Crippen LogP contribution >= 0.6 is 23.4 Å². The van der Waals surface area contributed by atoms with E-state index in [-0.39, 0.29) is 11.9 Å². The normalized spacial score (nSPS) is 13.6. The minimum Gasteiger partial charge on any atom is -0.355 e. The second kappa shape index (κ2) is 7.74. The Morgan fingerprint density at radius 3 is 2.61 bits per heavy atom. The highest BCUT2D eigenvalue weighted by atomic mass is 35.5. The third-order valence-electron chi connectivity index (χ3n) is 4.66. The van der Waals surface area contributed by atoms with Crippen LogP contribution in [0.15, 0.2) is 83.1 Å². The van der Waals surface area contributed by atoms with E-state index >= 15 is 0 Å². The molecule has 1 heterocycles. The van der Waals surface area contributed by atoms with E-state index in [1.165, 1.54) is 0 Å². The first-order valence-corrected chi connectivity index (χ1v) is 10.1. The third kappa shape index (κ3) is 3.79. The van der Waals surface area contributed by atoms with Crippen molar-refractivity contribution in [3.63, 3.8) is 0 Å². The Labute approximate surface area is 173 Å². The topological polar surface area (TPSA) is 41.1 Å². The lowest BCUT2D eigenvalue weighted by Crippen LogP contribution is -2.26. The van der Waals surface area contributed by atoms with E-state index in [9.17, 15) is 4.79 Å². The van der Waals surface area contributed by atoms with Gasteiger partial charge in [0.2, 0.25) is 0 Å². The molecule has 1 amide bonds. The van der Waals surface area contributed by atoms with Gasteiger partial charge in [0, 0.05) is 31.6 Å². The highest BCUT2D eigenvalue weighted by Crippen LogP contribution is 2.42. The Morgan fingerprint density at radius 2 is 1.82 bits per heavy atom. The highest BCUT2D eigenvalue weighted by molar-refractivity contribution is 7.99. The number of fused-ring (bicyclic) bond motifs is 2. The average Bonchev–Trinajstić information content (AvgIpc) is 2.84. The van der Waals surface area contributed by atoms with E-state index in [0.29, 0.717) is 10.6 Å². The second-order valence-corrected chi connectivity index (χ2v) is 8.18. The van der Waals surface area contributed by atoms with Crippen LogP contribution in [0, 0.1) is 0 Å². The van der Waals surface area contributed by atoms with Gasteiger partial charge in [0.15, 0.2) is 0 Å². The van der Waals surface area contributed by atoms with Crippen LogP contribution in [-0.2, 0) is 0 Å². The lowest BCUT2D eigenvalue weighted by Gasteiger charge is -2.15. The van der Waals surface area contributed by atoms with Gasteiger partial charge in [-0.1, -0.05) is 60.3 Å². The fourth-order valence-corrected chi connectivity index (χ4v) is 4.33. The molecule has 4 rings (SSSR count). The van der Waals surface area contributed by atoms with Gasteiger partial charge in [0.05, 0.1) is 11.7 Å². The summed E-state index contributed by atoms with van der Waals surface area (Å²) in [5.74, 6) is -0.110. The maximum atomic E-state index is 12.8. The van der Waals surface area contributed by atoms with Crippen LogP contribution in [0.4, 0.5) is 5.69 Å². The predicted octanol–water partition coefficient (Wildman–Crippen LogP) is 6.38. The first-order chi connectivity index (χ1) is 13.5. The molecule has 0 aliphatic carbocycles. The standard InChI is InChI=1S/C23H19ClN2OS/c1-14(16-6-4-3-5-7-16)26-23(27)17-8-10-22-20(12-17)25-15(2)19-13-18(24)9-11-21(19)28-22/h3-14,25H,2H2,1H3,(H,26,27). The van der Waals surface area contributed by atoms with Crippen molar-refractivity contribution < 1.29 is 4.79 Å². The van der Waals surface area contributed by atoms with Gasteiger partial charge in [0.1, 0.15) is 0 Å². The molecule has 3 aromatic carbocycles. The molecule has 0 aromatic heterocycles. The number of amides is 1. The van der Waals surface area contributed by atoms with Crippen molar-refractivity contribution in [1.29, 1.82) is 0 Å². The number of halogens is 1. The number of nitrogens with one attached hydrogen (secondary N) is 2. The molecule has 1 atom stereocenters. The van der Waals surface area contributed by atoms with Gasteiger partial charge in [-0.05, 0) is 48.9 Å². The van der Waals surface area contributed by atoms with Crippen molar-refractivity contribution >= 4 is 40.7 Å². The molecule has 0 spiro atoms. The fraction of sp³-hybridized carbons (Fsp3) is 0.0870. The Kier molecular flexibility index (Phi) is 5.16. The number of hydrogen-bond acceptors (Lipinski definition) is 3. The van der Waals surface area contributed by atoms with Crippen LogP contribution in [-0.4, -0.2) is 5.91 Å². The molecule has 0 bridgehead atoms. The van der Waals surface area contributed by atoms with Crippen LogP contribution in [0.2, 0.25) is 5.02 Å². The molecule has 1 unspecified atom stereocenters. The summed E-state index contributed by atoms with van der Waals surface area (Å²) in [5.41, 5.74) is 4.27. The zero-order chi connectivity index (χ0) is 19.7. The number of carbonyl (C=O) groups is 1. The summed E-state index contributed by atoms with van der Waals surface area (Å²) < 4.78 is 0. The van der Waals surface area contributed by atoms with E-state index < -0.39 is 0 Å². The summed E-state index contributed by atoms with van der Waals surface area (Å²) in [5, 5.41) is 7.06. The maximum absolute atomic E-state index is 12.8. The molecule has 5 heteroatoms. The third-order valence-corrected chi connectivity index (χ3v) is 6.05. The highest BCUT2D eigenvalue weighted by Gasteiger charge is 2.19. The number of hydrogen-bond donors (Lipinski definition) is 2.